The third kappa shape index (κ3) is 3.37. The zero-order chi connectivity index (χ0) is 13.1. The number of morpholine rings is 1. The minimum atomic E-state index is -0.112. The summed E-state index contributed by atoms with van der Waals surface area (Å²) in [6, 6.07) is 5.79. The van der Waals surface area contributed by atoms with Crippen molar-refractivity contribution in [3.63, 3.8) is 0 Å². The smallest absolute Gasteiger partial charge is 0.0933 e. The molecular weight excluding hydrogens is 273 g/mol. The Morgan fingerprint density at radius 3 is 2.94 bits per heavy atom. The molecule has 2 atom stereocenters. The first-order valence-electron chi connectivity index (χ1n) is 6.00. The fourth-order valence-corrected chi connectivity index (χ4v) is 2.46. The van der Waals surface area contributed by atoms with Gasteiger partial charge in [0.05, 0.1) is 19.3 Å². The van der Waals surface area contributed by atoms with E-state index >= 15 is 0 Å². The van der Waals surface area contributed by atoms with Crippen LogP contribution in [0.1, 0.15) is 12.5 Å². The van der Waals surface area contributed by atoms with Crippen LogP contribution in [-0.2, 0) is 11.3 Å². The van der Waals surface area contributed by atoms with Gasteiger partial charge in [-0.05, 0) is 30.7 Å². The normalized spacial score (nSPS) is 25.3. The SMILES string of the molecule is CC1COC(CO)CN1Cc1cc(Cl)ccc1Cl. The average molecular weight is 290 g/mol. The van der Waals surface area contributed by atoms with Crippen LogP contribution in [0.4, 0.5) is 0 Å². The number of hydrogen-bond donors (Lipinski definition) is 1. The highest BCUT2D eigenvalue weighted by atomic mass is 35.5. The number of hydrogen-bond acceptors (Lipinski definition) is 3. The van der Waals surface area contributed by atoms with Crippen molar-refractivity contribution in [1.29, 1.82) is 0 Å². The Labute approximate surface area is 117 Å². The summed E-state index contributed by atoms with van der Waals surface area (Å²) in [5, 5.41) is 10.6. The molecule has 1 heterocycles. The van der Waals surface area contributed by atoms with E-state index in [1.165, 1.54) is 0 Å². The van der Waals surface area contributed by atoms with Crippen LogP contribution in [-0.4, -0.2) is 41.9 Å². The molecule has 1 N–H and O–H groups in total. The van der Waals surface area contributed by atoms with Gasteiger partial charge < -0.3 is 9.84 Å². The van der Waals surface area contributed by atoms with Gasteiger partial charge in [-0.2, -0.15) is 0 Å². The highest BCUT2D eigenvalue weighted by Crippen LogP contribution is 2.24. The van der Waals surface area contributed by atoms with E-state index in [0.29, 0.717) is 24.2 Å². The highest BCUT2D eigenvalue weighted by Gasteiger charge is 2.25. The maximum absolute atomic E-state index is 9.16. The second-order valence-electron chi connectivity index (χ2n) is 4.65. The first kappa shape index (κ1) is 14.1. The largest absolute Gasteiger partial charge is 0.394 e. The molecule has 1 fully saturated rings. The van der Waals surface area contributed by atoms with Gasteiger partial charge in [-0.15, -0.1) is 0 Å². The number of aliphatic hydroxyl groups excluding tert-OH is 1. The Bertz CT molecular complexity index is 414. The van der Waals surface area contributed by atoms with Gasteiger partial charge in [0.2, 0.25) is 0 Å². The summed E-state index contributed by atoms with van der Waals surface area (Å²) < 4.78 is 5.51. The molecule has 0 saturated carbocycles. The quantitative estimate of drug-likeness (QED) is 0.928. The van der Waals surface area contributed by atoms with Gasteiger partial charge in [-0.3, -0.25) is 4.90 Å². The number of halogens is 2. The number of aliphatic hydroxyl groups is 1. The van der Waals surface area contributed by atoms with Gasteiger partial charge in [0.25, 0.3) is 0 Å². The lowest BCUT2D eigenvalue weighted by Gasteiger charge is -2.37. The summed E-state index contributed by atoms with van der Waals surface area (Å²) in [7, 11) is 0. The molecule has 3 nitrogen and oxygen atoms in total. The lowest BCUT2D eigenvalue weighted by Crippen LogP contribution is -2.48. The fourth-order valence-electron chi connectivity index (χ4n) is 2.09. The van der Waals surface area contributed by atoms with Crippen LogP contribution in [0.2, 0.25) is 10.0 Å². The Morgan fingerprint density at radius 2 is 2.22 bits per heavy atom. The summed E-state index contributed by atoms with van der Waals surface area (Å²) in [4.78, 5) is 2.25. The van der Waals surface area contributed by atoms with Gasteiger partial charge >= 0.3 is 0 Å². The third-order valence-electron chi connectivity index (χ3n) is 3.22. The molecule has 2 unspecified atom stereocenters. The fraction of sp³-hybridized carbons (Fsp3) is 0.538. The lowest BCUT2D eigenvalue weighted by molar-refractivity contribution is -0.0805. The van der Waals surface area contributed by atoms with E-state index in [1.807, 2.05) is 12.1 Å². The molecule has 1 aromatic carbocycles. The molecule has 1 aliphatic heterocycles. The maximum Gasteiger partial charge on any atom is 0.0933 e. The van der Waals surface area contributed by atoms with Crippen LogP contribution in [0, 0.1) is 0 Å². The molecule has 1 aromatic rings. The Hall–Kier alpha value is -0.320. The average Bonchev–Trinajstić information content (AvgIpc) is 2.36. The molecule has 1 aliphatic rings. The predicted octanol–water partition coefficient (Wildman–Crippen LogP) is 2.58. The summed E-state index contributed by atoms with van der Waals surface area (Å²) in [5.74, 6) is 0. The van der Waals surface area contributed by atoms with Crippen molar-refractivity contribution in [2.24, 2.45) is 0 Å². The van der Waals surface area contributed by atoms with Gasteiger partial charge in [-0.25, -0.2) is 0 Å². The summed E-state index contributed by atoms with van der Waals surface area (Å²) in [6.45, 7) is 4.21. The van der Waals surface area contributed by atoms with E-state index in [-0.39, 0.29) is 12.7 Å². The Balaban J connectivity index is 2.09. The number of ether oxygens (including phenoxy) is 1. The summed E-state index contributed by atoms with van der Waals surface area (Å²) >= 11 is 12.2. The van der Waals surface area contributed by atoms with Crippen LogP contribution in [0.5, 0.6) is 0 Å². The standard InChI is InChI=1S/C13H17Cl2NO2/c1-9-8-18-12(7-17)6-16(9)5-10-4-11(14)2-3-13(10)15/h2-4,9,12,17H,5-8H2,1H3. The lowest BCUT2D eigenvalue weighted by atomic mass is 10.1. The number of rotatable bonds is 3. The van der Waals surface area contributed by atoms with Gasteiger partial charge in [0.1, 0.15) is 0 Å². The van der Waals surface area contributed by atoms with Crippen molar-refractivity contribution in [2.75, 3.05) is 19.8 Å². The number of benzene rings is 1. The van der Waals surface area contributed by atoms with E-state index in [4.69, 9.17) is 33.0 Å². The Kier molecular flexibility index (Phi) is 4.87. The first-order chi connectivity index (χ1) is 8.60. The topological polar surface area (TPSA) is 32.7 Å². The van der Waals surface area contributed by atoms with Crippen LogP contribution in [0.3, 0.4) is 0 Å². The van der Waals surface area contributed by atoms with Crippen LogP contribution in [0.15, 0.2) is 18.2 Å². The van der Waals surface area contributed by atoms with E-state index in [0.717, 1.165) is 17.1 Å². The molecular formula is C13H17Cl2NO2. The molecule has 0 bridgehead atoms. The monoisotopic (exact) mass is 289 g/mol. The molecule has 1 saturated heterocycles. The molecule has 0 aromatic heterocycles. The van der Waals surface area contributed by atoms with Crippen molar-refractivity contribution >= 4 is 23.2 Å². The second-order valence-corrected chi connectivity index (χ2v) is 5.50. The first-order valence-corrected chi connectivity index (χ1v) is 6.76. The highest BCUT2D eigenvalue weighted by molar-refractivity contribution is 6.33. The van der Waals surface area contributed by atoms with Crippen molar-refractivity contribution in [3.8, 4) is 0 Å². The van der Waals surface area contributed by atoms with E-state index in [2.05, 4.69) is 11.8 Å². The molecule has 100 valence electrons. The van der Waals surface area contributed by atoms with Crippen LogP contribution >= 0.6 is 23.2 Å². The molecule has 0 amide bonds. The van der Waals surface area contributed by atoms with Crippen LogP contribution in [0.25, 0.3) is 0 Å². The molecule has 0 aliphatic carbocycles. The minimum Gasteiger partial charge on any atom is -0.394 e. The molecule has 2 rings (SSSR count). The van der Waals surface area contributed by atoms with E-state index in [9.17, 15) is 0 Å². The summed E-state index contributed by atoms with van der Waals surface area (Å²) in [6.07, 6.45) is -0.112. The van der Waals surface area contributed by atoms with Gasteiger partial charge in [0, 0.05) is 29.2 Å². The maximum atomic E-state index is 9.16. The molecule has 0 spiro atoms. The minimum absolute atomic E-state index is 0.0481. The molecule has 18 heavy (non-hydrogen) atoms. The molecule has 0 radical (unpaired) electrons. The van der Waals surface area contributed by atoms with Gasteiger partial charge in [-0.1, -0.05) is 23.2 Å². The molecule has 5 heteroatoms. The third-order valence-corrected chi connectivity index (χ3v) is 3.82. The summed E-state index contributed by atoms with van der Waals surface area (Å²) in [5.41, 5.74) is 1.01. The van der Waals surface area contributed by atoms with Gasteiger partial charge in [0.15, 0.2) is 0 Å². The second kappa shape index (κ2) is 6.22. The van der Waals surface area contributed by atoms with E-state index in [1.54, 1.807) is 6.07 Å². The van der Waals surface area contributed by atoms with E-state index < -0.39 is 0 Å². The zero-order valence-electron chi connectivity index (χ0n) is 10.3. The zero-order valence-corrected chi connectivity index (χ0v) is 11.8. The predicted molar refractivity (Wildman–Crippen MR) is 73.2 cm³/mol. The number of nitrogens with zero attached hydrogens (tertiary/aromatic N) is 1. The van der Waals surface area contributed by atoms with Crippen LogP contribution < -0.4 is 0 Å². The Morgan fingerprint density at radius 1 is 1.44 bits per heavy atom. The van der Waals surface area contributed by atoms with Crippen molar-refractivity contribution in [1.82, 2.24) is 4.90 Å². The van der Waals surface area contributed by atoms with Crippen molar-refractivity contribution < 1.29 is 9.84 Å². The van der Waals surface area contributed by atoms with Crippen molar-refractivity contribution in [2.45, 2.75) is 25.6 Å². The van der Waals surface area contributed by atoms with Crippen molar-refractivity contribution in [3.05, 3.63) is 33.8 Å².